The maximum Gasteiger partial charge on any atom is 0.321 e. The lowest BCUT2D eigenvalue weighted by Gasteiger charge is -2.37. The highest BCUT2D eigenvalue weighted by Crippen LogP contribution is 2.39. The van der Waals surface area contributed by atoms with Crippen molar-refractivity contribution in [2.75, 3.05) is 17.7 Å². The Kier molecular flexibility index (Phi) is 4.56. The summed E-state index contributed by atoms with van der Waals surface area (Å²) < 4.78 is 19.6. The van der Waals surface area contributed by atoms with Crippen LogP contribution in [0.1, 0.15) is 37.4 Å². The van der Waals surface area contributed by atoms with Crippen LogP contribution in [-0.2, 0) is 6.54 Å². The van der Waals surface area contributed by atoms with E-state index in [2.05, 4.69) is 16.0 Å². The molecule has 2 aromatic carbocycles. The lowest BCUT2D eigenvalue weighted by atomic mass is 9.89. The number of fused-ring (bicyclic) bond motifs is 2. The van der Waals surface area contributed by atoms with Gasteiger partial charge in [0.05, 0.1) is 6.04 Å². The third-order valence-electron chi connectivity index (χ3n) is 5.10. The molecule has 4 rings (SSSR count). The minimum absolute atomic E-state index is 0.192. The van der Waals surface area contributed by atoms with Gasteiger partial charge in [0, 0.05) is 37.0 Å². The van der Waals surface area contributed by atoms with Crippen molar-refractivity contribution in [3.05, 3.63) is 53.3 Å². The predicted octanol–water partition coefficient (Wildman–Crippen LogP) is 4.23. The fourth-order valence-electron chi connectivity index (χ4n) is 3.73. The molecule has 0 saturated heterocycles. The van der Waals surface area contributed by atoms with Gasteiger partial charge in [-0.2, -0.15) is 0 Å². The first-order valence-electron chi connectivity index (χ1n) is 9.41. The summed E-state index contributed by atoms with van der Waals surface area (Å²) in [7, 11) is 1.72. The van der Waals surface area contributed by atoms with E-state index < -0.39 is 17.7 Å². The summed E-state index contributed by atoms with van der Waals surface area (Å²) in [4.78, 5) is 26.0. The zero-order valence-corrected chi connectivity index (χ0v) is 16.5. The highest BCUT2D eigenvalue weighted by molar-refractivity contribution is 5.95. The third-order valence-corrected chi connectivity index (χ3v) is 5.10. The van der Waals surface area contributed by atoms with Gasteiger partial charge in [-0.25, -0.2) is 14.0 Å². The first-order valence-corrected chi connectivity index (χ1v) is 9.41. The average Bonchev–Trinajstić information content (AvgIpc) is 2.63. The van der Waals surface area contributed by atoms with E-state index in [0.29, 0.717) is 35.7 Å². The summed E-state index contributed by atoms with van der Waals surface area (Å²) in [6.45, 7) is 4.36. The molecule has 0 fully saturated rings. The molecule has 3 N–H and O–H groups in total. The van der Waals surface area contributed by atoms with Gasteiger partial charge in [0.1, 0.15) is 17.2 Å². The molecule has 2 aliphatic heterocycles. The van der Waals surface area contributed by atoms with Gasteiger partial charge in [-0.15, -0.1) is 0 Å². The van der Waals surface area contributed by atoms with Crippen LogP contribution in [0.5, 0.6) is 5.75 Å². The number of carbonyl (C=O) groups excluding carboxylic acids is 2. The number of amides is 4. The number of halogens is 1. The molecular formula is C21H23FN4O3. The molecule has 2 aromatic rings. The number of hydrogen-bond donors (Lipinski definition) is 3. The Morgan fingerprint density at radius 3 is 2.86 bits per heavy atom. The maximum absolute atomic E-state index is 13.7. The first kappa shape index (κ1) is 19.0. The number of anilines is 2. The molecule has 0 bridgehead atoms. The van der Waals surface area contributed by atoms with Crippen molar-refractivity contribution in [1.29, 1.82) is 0 Å². The molecular weight excluding hydrogens is 375 g/mol. The molecule has 8 heteroatoms. The highest BCUT2D eigenvalue weighted by Gasteiger charge is 2.35. The zero-order chi connectivity index (χ0) is 20.8. The lowest BCUT2D eigenvalue weighted by Crippen LogP contribution is -2.42. The molecule has 2 aliphatic rings. The number of nitrogens with zero attached hydrogens (tertiary/aromatic N) is 1. The molecule has 1 atom stereocenters. The van der Waals surface area contributed by atoms with Gasteiger partial charge >= 0.3 is 12.1 Å². The standard InChI is InChI=1S/C21H23FN4O3/c1-21(2)10-17(15-8-13(22)5-7-18(15)29-21)24-19(27)23-14-6-4-12-11-26(3)20(28)25-16(12)9-14/h4-9,17H,10-11H2,1-3H3,(H,25,28)(H2,23,24,27)/t17-/m0/s1. The molecule has 0 aromatic heterocycles. The van der Waals surface area contributed by atoms with E-state index in [0.717, 1.165) is 5.56 Å². The van der Waals surface area contributed by atoms with Crippen LogP contribution in [-0.4, -0.2) is 29.6 Å². The van der Waals surface area contributed by atoms with Crippen molar-refractivity contribution in [2.24, 2.45) is 0 Å². The Balaban J connectivity index is 1.50. The molecule has 7 nitrogen and oxygen atoms in total. The minimum atomic E-state index is -0.495. The molecule has 2 heterocycles. The van der Waals surface area contributed by atoms with Gasteiger partial charge in [0.25, 0.3) is 0 Å². The van der Waals surface area contributed by atoms with Crippen LogP contribution in [0.3, 0.4) is 0 Å². The fourth-order valence-corrected chi connectivity index (χ4v) is 3.73. The van der Waals surface area contributed by atoms with Gasteiger partial charge in [0.15, 0.2) is 0 Å². The summed E-state index contributed by atoms with van der Waals surface area (Å²) >= 11 is 0. The maximum atomic E-state index is 13.7. The van der Waals surface area contributed by atoms with Crippen LogP contribution in [0.25, 0.3) is 0 Å². The third kappa shape index (κ3) is 3.96. The normalized spacial score (nSPS) is 19.4. The number of ether oxygens (including phenoxy) is 1. The summed E-state index contributed by atoms with van der Waals surface area (Å²) in [5.41, 5.74) is 2.31. The molecule has 0 saturated carbocycles. The predicted molar refractivity (Wildman–Crippen MR) is 108 cm³/mol. The van der Waals surface area contributed by atoms with Gasteiger partial charge in [-0.3, -0.25) is 0 Å². The van der Waals surface area contributed by atoms with Crippen molar-refractivity contribution in [2.45, 2.75) is 38.5 Å². The van der Waals surface area contributed by atoms with Gasteiger partial charge in [-0.1, -0.05) is 6.07 Å². The van der Waals surface area contributed by atoms with E-state index in [4.69, 9.17) is 4.74 Å². The second-order valence-electron chi connectivity index (χ2n) is 8.06. The Labute approximate surface area is 168 Å². The second-order valence-corrected chi connectivity index (χ2v) is 8.06. The Morgan fingerprint density at radius 2 is 2.07 bits per heavy atom. The SMILES string of the molecule is CN1Cc2ccc(NC(=O)N[C@H]3CC(C)(C)Oc4ccc(F)cc43)cc2NC1=O. The van der Waals surface area contributed by atoms with E-state index in [1.807, 2.05) is 19.9 Å². The van der Waals surface area contributed by atoms with Gasteiger partial charge in [0.2, 0.25) is 0 Å². The number of hydrogen-bond acceptors (Lipinski definition) is 3. The zero-order valence-electron chi connectivity index (χ0n) is 16.5. The van der Waals surface area contributed by atoms with Crippen molar-refractivity contribution >= 4 is 23.4 Å². The minimum Gasteiger partial charge on any atom is -0.487 e. The molecule has 152 valence electrons. The van der Waals surface area contributed by atoms with Gasteiger partial charge < -0.3 is 25.6 Å². The summed E-state index contributed by atoms with van der Waals surface area (Å²) in [6, 6.07) is 8.69. The molecule has 0 aliphatic carbocycles. The lowest BCUT2D eigenvalue weighted by molar-refractivity contribution is 0.0680. The Hall–Kier alpha value is -3.29. The number of nitrogens with one attached hydrogen (secondary N) is 3. The van der Waals surface area contributed by atoms with Crippen molar-refractivity contribution in [3.63, 3.8) is 0 Å². The van der Waals surface area contributed by atoms with Gasteiger partial charge in [-0.05, 0) is 49.7 Å². The van der Waals surface area contributed by atoms with Crippen molar-refractivity contribution in [3.8, 4) is 5.75 Å². The van der Waals surface area contributed by atoms with Crippen molar-refractivity contribution < 1.29 is 18.7 Å². The van der Waals surface area contributed by atoms with E-state index in [1.165, 1.54) is 12.1 Å². The number of benzene rings is 2. The summed E-state index contributed by atoms with van der Waals surface area (Å²) in [5.74, 6) is 0.184. The van der Waals surface area contributed by atoms with Crippen LogP contribution >= 0.6 is 0 Å². The van der Waals surface area contributed by atoms with Crippen LogP contribution < -0.4 is 20.7 Å². The van der Waals surface area contributed by atoms with Crippen LogP contribution in [0.15, 0.2) is 36.4 Å². The summed E-state index contributed by atoms with van der Waals surface area (Å²) in [5, 5.41) is 8.49. The Morgan fingerprint density at radius 1 is 1.28 bits per heavy atom. The average molecular weight is 398 g/mol. The molecule has 0 spiro atoms. The number of urea groups is 2. The number of rotatable bonds is 2. The Bertz CT molecular complexity index is 992. The van der Waals surface area contributed by atoms with E-state index in [-0.39, 0.29) is 11.8 Å². The molecule has 0 unspecified atom stereocenters. The monoisotopic (exact) mass is 398 g/mol. The van der Waals surface area contributed by atoms with Crippen LogP contribution in [0.4, 0.5) is 25.4 Å². The fraction of sp³-hybridized carbons (Fsp3) is 0.333. The van der Waals surface area contributed by atoms with Crippen LogP contribution in [0.2, 0.25) is 0 Å². The second kappa shape index (κ2) is 6.95. The molecule has 4 amide bonds. The first-order chi connectivity index (χ1) is 13.7. The molecule has 0 radical (unpaired) electrons. The summed E-state index contributed by atoms with van der Waals surface area (Å²) in [6.07, 6.45) is 0.503. The van der Waals surface area contributed by atoms with Crippen molar-refractivity contribution in [1.82, 2.24) is 10.2 Å². The smallest absolute Gasteiger partial charge is 0.321 e. The van der Waals surface area contributed by atoms with E-state index >= 15 is 0 Å². The van der Waals surface area contributed by atoms with E-state index in [9.17, 15) is 14.0 Å². The quantitative estimate of drug-likeness (QED) is 0.708. The van der Waals surface area contributed by atoms with E-state index in [1.54, 1.807) is 30.1 Å². The topological polar surface area (TPSA) is 82.7 Å². The number of carbonyl (C=O) groups is 2. The van der Waals surface area contributed by atoms with Crippen LogP contribution in [0, 0.1) is 5.82 Å². The molecule has 29 heavy (non-hydrogen) atoms. The highest BCUT2D eigenvalue weighted by atomic mass is 19.1. The largest absolute Gasteiger partial charge is 0.487 e.